The maximum absolute atomic E-state index is 10.2. The van der Waals surface area contributed by atoms with Gasteiger partial charge in [-0.1, -0.05) is 121 Å². The quantitative estimate of drug-likeness (QED) is 0.339. The molecule has 0 N–H and O–H groups in total. The Labute approximate surface area is 200 Å². The van der Waals surface area contributed by atoms with Gasteiger partial charge < -0.3 is 0 Å². The van der Waals surface area contributed by atoms with Gasteiger partial charge in [0.1, 0.15) is 0 Å². The Morgan fingerprint density at radius 2 is 0.647 bits per heavy atom. The van der Waals surface area contributed by atoms with E-state index in [4.69, 9.17) is 0 Å². The molecule has 0 saturated heterocycles. The van der Waals surface area contributed by atoms with Crippen molar-refractivity contribution in [1.82, 2.24) is 0 Å². The average molecular weight is 435 g/mol. The van der Waals surface area contributed by atoms with Gasteiger partial charge in [0, 0.05) is 0 Å². The number of nitrogens with zero attached hydrogens (tertiary/aromatic N) is 2. The number of benzene rings is 4. The van der Waals surface area contributed by atoms with Crippen LogP contribution >= 0.6 is 0 Å². The Balaban J connectivity index is 1.91. The molecule has 2 heteroatoms. The third kappa shape index (κ3) is 3.73. The minimum absolute atomic E-state index is 0.502. The molecule has 1 fully saturated rings. The minimum atomic E-state index is -0.502. The summed E-state index contributed by atoms with van der Waals surface area (Å²) in [6.45, 7) is 0. The van der Waals surface area contributed by atoms with Crippen molar-refractivity contribution in [3.8, 4) is 12.1 Å². The molecule has 0 radical (unpaired) electrons. The Hall–Kier alpha value is -4.66. The summed E-state index contributed by atoms with van der Waals surface area (Å²) in [6.07, 6.45) is 0. The lowest BCUT2D eigenvalue weighted by Gasteiger charge is -2.39. The molecule has 1 aliphatic rings. The summed E-state index contributed by atoms with van der Waals surface area (Å²) < 4.78 is 0. The van der Waals surface area contributed by atoms with Gasteiger partial charge >= 0.3 is 0 Å². The molecule has 4 aromatic carbocycles. The molecule has 2 atom stereocenters. The van der Waals surface area contributed by atoms with Crippen molar-refractivity contribution in [1.29, 1.82) is 10.5 Å². The molecule has 0 aromatic heterocycles. The Kier molecular flexibility index (Phi) is 5.89. The smallest absolute Gasteiger partial charge is 0.0921 e. The van der Waals surface area contributed by atoms with Crippen LogP contribution in [0.25, 0.3) is 11.1 Å². The number of allylic oxidation sites excluding steroid dienone is 2. The van der Waals surface area contributed by atoms with Gasteiger partial charge in [0.05, 0.1) is 24.0 Å². The van der Waals surface area contributed by atoms with Crippen molar-refractivity contribution >= 4 is 11.1 Å². The largest absolute Gasteiger partial charge is 0.198 e. The van der Waals surface area contributed by atoms with Crippen LogP contribution < -0.4 is 0 Å². The van der Waals surface area contributed by atoms with Crippen molar-refractivity contribution < 1.29 is 0 Å². The molecule has 0 amide bonds. The lowest BCUT2D eigenvalue weighted by molar-refractivity contribution is 0.550. The van der Waals surface area contributed by atoms with E-state index in [1.165, 1.54) is 0 Å². The topological polar surface area (TPSA) is 47.6 Å². The van der Waals surface area contributed by atoms with E-state index < -0.39 is 11.8 Å². The van der Waals surface area contributed by atoms with Crippen LogP contribution in [-0.2, 0) is 0 Å². The molecule has 0 aliphatic heterocycles. The summed E-state index contributed by atoms with van der Waals surface area (Å²) in [5.41, 5.74) is 8.06. The van der Waals surface area contributed by atoms with Gasteiger partial charge in [0.2, 0.25) is 0 Å². The molecule has 0 heterocycles. The molecule has 4 aromatic rings. The fourth-order valence-electron chi connectivity index (χ4n) is 4.81. The number of rotatable bonds is 4. The molecule has 0 bridgehead atoms. The van der Waals surface area contributed by atoms with E-state index in [0.29, 0.717) is 0 Å². The van der Waals surface area contributed by atoms with Crippen LogP contribution in [0.4, 0.5) is 0 Å². The molecule has 0 spiro atoms. The Morgan fingerprint density at radius 1 is 0.412 bits per heavy atom. The first kappa shape index (κ1) is 21.2. The maximum Gasteiger partial charge on any atom is 0.0921 e. The SMILES string of the molecule is N#C[C@@H]1C(=C(c2ccccc2)c2ccccc2)C(=C(c2ccccc2)c2ccccc2)[C@@H]1C#N. The highest BCUT2D eigenvalue weighted by Crippen LogP contribution is 2.53. The fraction of sp³-hybridized carbons (Fsp3) is 0.0625. The van der Waals surface area contributed by atoms with Crippen LogP contribution in [-0.4, -0.2) is 0 Å². The summed E-state index contributed by atoms with van der Waals surface area (Å²) in [4.78, 5) is 0. The van der Waals surface area contributed by atoms with Crippen molar-refractivity contribution in [2.24, 2.45) is 11.8 Å². The predicted molar refractivity (Wildman–Crippen MR) is 136 cm³/mol. The maximum atomic E-state index is 10.2. The van der Waals surface area contributed by atoms with Crippen molar-refractivity contribution in [2.75, 3.05) is 0 Å². The number of hydrogen-bond donors (Lipinski definition) is 0. The van der Waals surface area contributed by atoms with Gasteiger partial charge in [-0.25, -0.2) is 0 Å². The Morgan fingerprint density at radius 3 is 0.853 bits per heavy atom. The first-order valence-electron chi connectivity index (χ1n) is 11.3. The second kappa shape index (κ2) is 9.45. The molecule has 34 heavy (non-hydrogen) atoms. The van der Waals surface area contributed by atoms with Crippen LogP contribution in [0.5, 0.6) is 0 Å². The van der Waals surface area contributed by atoms with Crippen LogP contribution in [0.2, 0.25) is 0 Å². The van der Waals surface area contributed by atoms with Crippen LogP contribution in [0.1, 0.15) is 22.3 Å². The predicted octanol–water partition coefficient (Wildman–Crippen LogP) is 7.28. The van der Waals surface area contributed by atoms with E-state index >= 15 is 0 Å². The van der Waals surface area contributed by atoms with Crippen molar-refractivity contribution in [3.63, 3.8) is 0 Å². The molecular weight excluding hydrogens is 412 g/mol. The Bertz CT molecular complexity index is 1240. The second-order valence-electron chi connectivity index (χ2n) is 8.25. The zero-order valence-electron chi connectivity index (χ0n) is 18.6. The standard InChI is InChI=1S/C32H22N2/c33-21-27-28(22-34)32(30(25-17-9-3-10-18-25)26-19-11-4-12-20-26)31(27)29(23-13-5-1-6-14-23)24-15-7-2-8-16-24/h1-20,27-28H/t27-,28+. The molecule has 1 saturated carbocycles. The highest BCUT2D eigenvalue weighted by molar-refractivity contribution is 5.95. The van der Waals surface area contributed by atoms with Gasteiger partial charge in [-0.05, 0) is 44.5 Å². The second-order valence-corrected chi connectivity index (χ2v) is 8.25. The lowest BCUT2D eigenvalue weighted by atomic mass is 9.60. The zero-order valence-corrected chi connectivity index (χ0v) is 18.6. The van der Waals surface area contributed by atoms with Gasteiger partial charge in [-0.3, -0.25) is 0 Å². The fourth-order valence-corrected chi connectivity index (χ4v) is 4.81. The van der Waals surface area contributed by atoms with E-state index in [1.807, 2.05) is 72.8 Å². The van der Waals surface area contributed by atoms with Crippen molar-refractivity contribution in [3.05, 3.63) is 155 Å². The lowest BCUT2D eigenvalue weighted by Crippen LogP contribution is -2.33. The van der Waals surface area contributed by atoms with Crippen LogP contribution in [0, 0.1) is 34.5 Å². The molecular formula is C32H22N2. The minimum Gasteiger partial charge on any atom is -0.198 e. The first-order chi connectivity index (χ1) is 16.8. The van der Waals surface area contributed by atoms with E-state index in [1.54, 1.807) is 0 Å². The average Bonchev–Trinajstić information content (AvgIpc) is 2.91. The first-order valence-corrected chi connectivity index (χ1v) is 11.3. The molecule has 2 nitrogen and oxygen atoms in total. The third-order valence-corrected chi connectivity index (χ3v) is 6.31. The van der Waals surface area contributed by atoms with Gasteiger partial charge in [0.25, 0.3) is 0 Å². The van der Waals surface area contributed by atoms with Gasteiger partial charge in [-0.15, -0.1) is 0 Å². The molecule has 1 aliphatic carbocycles. The molecule has 160 valence electrons. The van der Waals surface area contributed by atoms with Gasteiger partial charge in [0.15, 0.2) is 0 Å². The van der Waals surface area contributed by atoms with Crippen LogP contribution in [0.15, 0.2) is 132 Å². The van der Waals surface area contributed by atoms with E-state index in [9.17, 15) is 10.5 Å². The highest BCUT2D eigenvalue weighted by Gasteiger charge is 2.46. The summed E-state index contributed by atoms with van der Waals surface area (Å²) in [5, 5.41) is 20.4. The summed E-state index contributed by atoms with van der Waals surface area (Å²) in [6, 6.07) is 45.6. The summed E-state index contributed by atoms with van der Waals surface area (Å²) in [5.74, 6) is -1.00. The number of hydrogen-bond acceptors (Lipinski definition) is 2. The van der Waals surface area contributed by atoms with E-state index in [-0.39, 0.29) is 0 Å². The third-order valence-electron chi connectivity index (χ3n) is 6.31. The monoisotopic (exact) mass is 434 g/mol. The molecule has 0 unspecified atom stereocenters. The van der Waals surface area contributed by atoms with E-state index in [2.05, 4.69) is 60.7 Å². The van der Waals surface area contributed by atoms with Crippen molar-refractivity contribution in [2.45, 2.75) is 0 Å². The summed E-state index contributed by atoms with van der Waals surface area (Å²) >= 11 is 0. The van der Waals surface area contributed by atoms with Gasteiger partial charge in [-0.2, -0.15) is 10.5 Å². The zero-order chi connectivity index (χ0) is 23.3. The highest BCUT2D eigenvalue weighted by atomic mass is 14.5. The molecule has 5 rings (SSSR count). The van der Waals surface area contributed by atoms with E-state index in [0.717, 1.165) is 44.5 Å². The summed E-state index contributed by atoms with van der Waals surface area (Å²) in [7, 11) is 0. The normalized spacial score (nSPS) is 16.6. The van der Waals surface area contributed by atoms with Crippen LogP contribution in [0.3, 0.4) is 0 Å². The number of nitriles is 2.